The van der Waals surface area contributed by atoms with Crippen LogP contribution in [0.15, 0.2) is 17.7 Å². The van der Waals surface area contributed by atoms with E-state index in [0.29, 0.717) is 0 Å². The van der Waals surface area contributed by atoms with Gasteiger partial charge in [-0.05, 0) is 0 Å². The van der Waals surface area contributed by atoms with Gasteiger partial charge in [0, 0.05) is 19.4 Å². The first-order chi connectivity index (χ1) is 4.34. The lowest BCUT2D eigenvalue weighted by Crippen LogP contribution is -1.91. The summed E-state index contributed by atoms with van der Waals surface area (Å²) in [6, 6.07) is 0.199. The number of aryl methyl sites for hydroxylation is 1. The molecule has 0 aromatic carbocycles. The van der Waals surface area contributed by atoms with E-state index in [1.165, 1.54) is 6.20 Å². The molecule has 5 heteroatoms. The van der Waals surface area contributed by atoms with Crippen LogP contribution < -0.4 is 4.84 Å². The molecule has 0 saturated carbocycles. The minimum absolute atomic E-state index is 0.199. The molecule has 0 spiro atoms. The second kappa shape index (κ2) is 2.25. The van der Waals surface area contributed by atoms with Gasteiger partial charge in [0.1, 0.15) is 0 Å². The van der Waals surface area contributed by atoms with Gasteiger partial charge in [-0.1, -0.05) is 0 Å². The van der Waals surface area contributed by atoms with E-state index in [-0.39, 0.29) is 6.01 Å². The van der Waals surface area contributed by atoms with E-state index in [9.17, 15) is 4.91 Å². The molecule has 48 valence electrons. The lowest BCUT2D eigenvalue weighted by Gasteiger charge is -1.90. The van der Waals surface area contributed by atoms with Gasteiger partial charge in [-0.3, -0.25) is 4.84 Å². The van der Waals surface area contributed by atoms with Gasteiger partial charge < -0.3 is 4.57 Å². The first-order valence-corrected chi connectivity index (χ1v) is 2.31. The average Bonchev–Trinajstić information content (AvgIpc) is 2.18. The summed E-state index contributed by atoms with van der Waals surface area (Å²) in [7, 11) is 1.70. The predicted molar refractivity (Wildman–Crippen MR) is 29.6 cm³/mol. The van der Waals surface area contributed by atoms with Gasteiger partial charge in [0.15, 0.2) is 5.34 Å². The number of hydrogen-bond acceptors (Lipinski definition) is 4. The van der Waals surface area contributed by atoms with Gasteiger partial charge in [0.05, 0.1) is 0 Å². The van der Waals surface area contributed by atoms with Crippen molar-refractivity contribution >= 4 is 0 Å². The molecule has 0 atom stereocenters. The van der Waals surface area contributed by atoms with Crippen molar-refractivity contribution in [2.24, 2.45) is 12.4 Å². The maximum Gasteiger partial charge on any atom is 0.329 e. The first kappa shape index (κ1) is 5.74. The number of aromatic nitrogens is 2. The first-order valence-electron chi connectivity index (χ1n) is 2.31. The van der Waals surface area contributed by atoms with Crippen LogP contribution in [0.4, 0.5) is 0 Å². The number of nitrogens with zero attached hydrogens (tertiary/aromatic N) is 3. The summed E-state index contributed by atoms with van der Waals surface area (Å²) < 4.78 is 1.54. The third kappa shape index (κ3) is 1.04. The predicted octanol–water partition coefficient (Wildman–Crippen LogP) is 0.480. The second-order valence-corrected chi connectivity index (χ2v) is 1.49. The monoisotopic (exact) mass is 127 g/mol. The Hall–Kier alpha value is -1.39. The van der Waals surface area contributed by atoms with Crippen LogP contribution in [0.25, 0.3) is 0 Å². The maximum absolute atomic E-state index is 9.50. The molecular formula is C4H5N3O2. The van der Waals surface area contributed by atoms with E-state index in [1.807, 2.05) is 0 Å². The second-order valence-electron chi connectivity index (χ2n) is 1.49. The summed E-state index contributed by atoms with van der Waals surface area (Å²) in [5.74, 6) is 0. The fraction of sp³-hybridized carbons (Fsp3) is 0.250. The lowest BCUT2D eigenvalue weighted by molar-refractivity contribution is 0.296. The minimum atomic E-state index is 0.199. The molecule has 1 rings (SSSR count). The molecule has 0 fully saturated rings. The van der Waals surface area contributed by atoms with Gasteiger partial charge in [0.2, 0.25) is 0 Å². The standard InChI is InChI=1S/C4H5N3O2/c1-7-3-2-5-4(7)9-6-8/h2-3H,1H3. The molecule has 0 aliphatic rings. The smallest absolute Gasteiger partial charge is 0.302 e. The van der Waals surface area contributed by atoms with Gasteiger partial charge in [0.25, 0.3) is 0 Å². The summed E-state index contributed by atoms with van der Waals surface area (Å²) in [5, 5.41) is 2.21. The van der Waals surface area contributed by atoms with E-state index in [4.69, 9.17) is 0 Å². The highest BCUT2D eigenvalue weighted by Crippen LogP contribution is 2.02. The molecule has 0 bridgehead atoms. The molecule has 0 radical (unpaired) electrons. The van der Waals surface area contributed by atoms with Gasteiger partial charge in [-0.2, -0.15) is 0 Å². The molecule has 0 unspecified atom stereocenters. The molecule has 5 nitrogen and oxygen atoms in total. The van der Waals surface area contributed by atoms with Crippen LogP contribution in [0.2, 0.25) is 0 Å². The van der Waals surface area contributed by atoms with E-state index in [2.05, 4.69) is 15.2 Å². The van der Waals surface area contributed by atoms with Crippen LogP contribution in [0, 0.1) is 4.91 Å². The Bertz CT molecular complexity index is 207. The Morgan fingerprint density at radius 1 is 1.89 bits per heavy atom. The minimum Gasteiger partial charge on any atom is -0.302 e. The van der Waals surface area contributed by atoms with Gasteiger partial charge >= 0.3 is 6.01 Å². The SMILES string of the molecule is Cn1ccnc1ON=O. The Morgan fingerprint density at radius 3 is 3.11 bits per heavy atom. The Labute approximate surface area is 51.2 Å². The van der Waals surface area contributed by atoms with Crippen molar-refractivity contribution in [1.29, 1.82) is 0 Å². The summed E-state index contributed by atoms with van der Waals surface area (Å²) in [6.07, 6.45) is 3.17. The van der Waals surface area contributed by atoms with E-state index in [1.54, 1.807) is 17.8 Å². The van der Waals surface area contributed by atoms with Gasteiger partial charge in [-0.15, -0.1) is 4.91 Å². The Kier molecular flexibility index (Phi) is 1.44. The summed E-state index contributed by atoms with van der Waals surface area (Å²) in [6.45, 7) is 0. The maximum atomic E-state index is 9.50. The van der Waals surface area contributed by atoms with Crippen molar-refractivity contribution in [2.75, 3.05) is 0 Å². The molecule has 0 amide bonds. The van der Waals surface area contributed by atoms with Gasteiger partial charge in [-0.25, -0.2) is 4.98 Å². The summed E-state index contributed by atoms with van der Waals surface area (Å²) in [4.78, 5) is 17.3. The number of hydrogen-bond donors (Lipinski definition) is 0. The topological polar surface area (TPSA) is 56.5 Å². The fourth-order valence-electron chi connectivity index (χ4n) is 0.473. The number of rotatable bonds is 2. The van der Waals surface area contributed by atoms with Crippen molar-refractivity contribution in [3.8, 4) is 6.01 Å². The molecule has 1 aromatic heterocycles. The van der Waals surface area contributed by atoms with Crippen molar-refractivity contribution in [2.45, 2.75) is 0 Å². The highest BCUT2D eigenvalue weighted by atomic mass is 16.7. The highest BCUT2D eigenvalue weighted by molar-refractivity contribution is 4.95. The van der Waals surface area contributed by atoms with E-state index >= 15 is 0 Å². The zero-order chi connectivity index (χ0) is 6.69. The molecule has 1 heterocycles. The van der Waals surface area contributed by atoms with Crippen LogP contribution in [-0.2, 0) is 7.05 Å². The molecular weight excluding hydrogens is 122 g/mol. The Morgan fingerprint density at radius 2 is 2.67 bits per heavy atom. The third-order valence-electron chi connectivity index (χ3n) is 0.896. The lowest BCUT2D eigenvalue weighted by atomic mass is 10.9. The average molecular weight is 127 g/mol. The number of imidazole rings is 1. The molecule has 0 aliphatic heterocycles. The summed E-state index contributed by atoms with van der Waals surface area (Å²) in [5.41, 5.74) is 0. The normalized spacial score (nSPS) is 9.00. The molecule has 0 aliphatic carbocycles. The fourth-order valence-corrected chi connectivity index (χ4v) is 0.473. The molecule has 0 N–H and O–H groups in total. The van der Waals surface area contributed by atoms with Crippen molar-refractivity contribution in [3.63, 3.8) is 0 Å². The van der Waals surface area contributed by atoms with Crippen LogP contribution in [0.1, 0.15) is 0 Å². The van der Waals surface area contributed by atoms with Crippen LogP contribution in [0.5, 0.6) is 6.01 Å². The van der Waals surface area contributed by atoms with Crippen molar-refractivity contribution in [3.05, 3.63) is 17.3 Å². The van der Waals surface area contributed by atoms with E-state index < -0.39 is 0 Å². The van der Waals surface area contributed by atoms with Crippen LogP contribution in [0.3, 0.4) is 0 Å². The molecule has 0 saturated heterocycles. The van der Waals surface area contributed by atoms with Crippen LogP contribution in [-0.4, -0.2) is 9.55 Å². The van der Waals surface area contributed by atoms with Crippen molar-refractivity contribution in [1.82, 2.24) is 9.55 Å². The van der Waals surface area contributed by atoms with Crippen molar-refractivity contribution < 1.29 is 4.84 Å². The largest absolute Gasteiger partial charge is 0.329 e. The zero-order valence-electron chi connectivity index (χ0n) is 4.81. The molecule has 1 aromatic rings. The third-order valence-corrected chi connectivity index (χ3v) is 0.896. The van der Waals surface area contributed by atoms with E-state index in [0.717, 1.165) is 0 Å². The highest BCUT2D eigenvalue weighted by Gasteiger charge is 1.96. The summed E-state index contributed by atoms with van der Waals surface area (Å²) >= 11 is 0. The zero-order valence-corrected chi connectivity index (χ0v) is 4.81. The molecule has 9 heavy (non-hydrogen) atoms. The van der Waals surface area contributed by atoms with Crippen LogP contribution >= 0.6 is 0 Å². The quantitative estimate of drug-likeness (QED) is 0.429. The Balaban J connectivity index is 2.80.